The van der Waals surface area contributed by atoms with Gasteiger partial charge in [0, 0.05) is 43.2 Å². The monoisotopic (exact) mass is 584 g/mol. The number of aromatic nitrogens is 1. The van der Waals surface area contributed by atoms with Gasteiger partial charge in [-0.1, -0.05) is 42.8 Å². The number of carbonyl (C=O) groups excluding carboxylic acids is 1. The molecule has 2 atom stereocenters. The van der Waals surface area contributed by atoms with Gasteiger partial charge in [-0.25, -0.2) is 9.78 Å². The standard InChI is InChI=1S/C32H45ClN4O4/c1-3-22-7-4-8-25(19-22)28-27(14-17-35-29(28)33)32(41,15-6-16-36-31(39)40)26-9-5-18-37(21-26)30(38)24-12-10-23(11-13-24)20-34-2/h4,7-8,14,17,19,23-24,26,34,36,41H,3,5-6,9-13,15-16,18,20-21H2,1-2H3,(H,39,40)/t23-,24-,26?,32?. The third kappa shape index (κ3) is 7.59. The SMILES string of the molecule is CCc1cccc(-c2c(C(O)(CCCNC(=O)O)C3CCCN(C(=O)[C@H]4CC[C@H](CNC)CC4)C3)ccnc2Cl)c1. The van der Waals surface area contributed by atoms with Gasteiger partial charge in [0.1, 0.15) is 5.15 Å². The van der Waals surface area contributed by atoms with Crippen LogP contribution in [0.4, 0.5) is 4.79 Å². The Balaban J connectivity index is 1.63. The summed E-state index contributed by atoms with van der Waals surface area (Å²) in [5.74, 6) is 0.648. The quantitative estimate of drug-likeness (QED) is 0.206. The lowest BCUT2D eigenvalue weighted by Crippen LogP contribution is -2.50. The molecule has 0 bridgehead atoms. The Morgan fingerprint density at radius 2 is 1.95 bits per heavy atom. The number of rotatable bonds is 11. The Morgan fingerprint density at radius 1 is 1.17 bits per heavy atom. The third-order valence-electron chi connectivity index (χ3n) is 9.10. The van der Waals surface area contributed by atoms with Crippen molar-refractivity contribution < 1.29 is 19.8 Å². The minimum atomic E-state index is -1.33. The molecule has 1 aromatic carbocycles. The highest BCUT2D eigenvalue weighted by atomic mass is 35.5. The molecule has 1 aliphatic heterocycles. The zero-order valence-electron chi connectivity index (χ0n) is 24.4. The van der Waals surface area contributed by atoms with Crippen LogP contribution in [-0.4, -0.2) is 65.3 Å². The first-order valence-electron chi connectivity index (χ1n) is 15.1. The topological polar surface area (TPSA) is 115 Å². The summed E-state index contributed by atoms with van der Waals surface area (Å²) in [6, 6.07) is 9.96. The molecule has 2 heterocycles. The molecule has 224 valence electrons. The molecule has 1 aromatic heterocycles. The molecule has 41 heavy (non-hydrogen) atoms. The van der Waals surface area contributed by atoms with Gasteiger partial charge in [-0.15, -0.1) is 0 Å². The number of piperidine rings is 1. The van der Waals surface area contributed by atoms with E-state index in [9.17, 15) is 14.7 Å². The maximum atomic E-state index is 13.7. The molecule has 1 saturated heterocycles. The van der Waals surface area contributed by atoms with Crippen LogP contribution >= 0.6 is 11.6 Å². The fourth-order valence-electron chi connectivity index (χ4n) is 6.86. The van der Waals surface area contributed by atoms with Crippen LogP contribution in [0.1, 0.15) is 69.4 Å². The van der Waals surface area contributed by atoms with Gasteiger partial charge in [0.2, 0.25) is 5.91 Å². The summed E-state index contributed by atoms with van der Waals surface area (Å²) in [6.45, 7) is 4.48. The van der Waals surface area contributed by atoms with Crippen molar-refractivity contribution in [3.8, 4) is 11.1 Å². The summed E-state index contributed by atoms with van der Waals surface area (Å²) in [5.41, 5.74) is 2.11. The highest BCUT2D eigenvalue weighted by molar-refractivity contribution is 6.32. The Hall–Kier alpha value is -2.68. The first kappa shape index (κ1) is 31.3. The zero-order valence-corrected chi connectivity index (χ0v) is 25.1. The molecular formula is C32H45ClN4O4. The number of likely N-dealkylation sites (tertiary alicyclic amines) is 1. The van der Waals surface area contributed by atoms with E-state index in [-0.39, 0.29) is 24.3 Å². The van der Waals surface area contributed by atoms with E-state index in [2.05, 4.69) is 34.7 Å². The number of carboxylic acid groups (broad SMARTS) is 1. The van der Waals surface area contributed by atoms with E-state index >= 15 is 0 Å². The fourth-order valence-corrected chi connectivity index (χ4v) is 7.13. The van der Waals surface area contributed by atoms with Gasteiger partial charge in [-0.05, 0) is 100 Å². The van der Waals surface area contributed by atoms with E-state index in [0.717, 1.165) is 62.6 Å². The molecule has 8 nitrogen and oxygen atoms in total. The van der Waals surface area contributed by atoms with Crippen LogP contribution < -0.4 is 10.6 Å². The first-order chi connectivity index (χ1) is 19.8. The molecule has 4 N–H and O–H groups in total. The van der Waals surface area contributed by atoms with Crippen LogP contribution in [0.5, 0.6) is 0 Å². The average Bonchev–Trinajstić information content (AvgIpc) is 2.99. The summed E-state index contributed by atoms with van der Waals surface area (Å²) in [7, 11) is 1.98. The van der Waals surface area contributed by atoms with Crippen molar-refractivity contribution in [2.24, 2.45) is 17.8 Å². The summed E-state index contributed by atoms with van der Waals surface area (Å²) in [5, 5.41) is 27.8. The molecule has 2 aliphatic rings. The summed E-state index contributed by atoms with van der Waals surface area (Å²) in [6.07, 6.45) is 7.68. The van der Waals surface area contributed by atoms with Crippen molar-refractivity contribution in [1.82, 2.24) is 20.5 Å². The second kappa shape index (κ2) is 14.5. The molecule has 2 fully saturated rings. The van der Waals surface area contributed by atoms with E-state index in [0.29, 0.717) is 48.1 Å². The van der Waals surface area contributed by atoms with Crippen molar-refractivity contribution in [2.45, 2.75) is 70.3 Å². The van der Waals surface area contributed by atoms with Crippen LogP contribution in [0, 0.1) is 17.8 Å². The number of nitrogens with one attached hydrogen (secondary N) is 2. The molecule has 9 heteroatoms. The van der Waals surface area contributed by atoms with Gasteiger partial charge in [-0.2, -0.15) is 0 Å². The van der Waals surface area contributed by atoms with Gasteiger partial charge >= 0.3 is 6.09 Å². The number of hydrogen-bond donors (Lipinski definition) is 4. The van der Waals surface area contributed by atoms with E-state index in [1.807, 2.05) is 30.1 Å². The first-order valence-corrected chi connectivity index (χ1v) is 15.5. The highest BCUT2D eigenvalue weighted by Gasteiger charge is 2.44. The fraction of sp³-hybridized carbons (Fsp3) is 0.594. The number of benzene rings is 1. The molecule has 4 rings (SSSR count). The van der Waals surface area contributed by atoms with Crippen molar-refractivity contribution in [1.29, 1.82) is 0 Å². The molecule has 2 aromatic rings. The van der Waals surface area contributed by atoms with E-state index in [4.69, 9.17) is 16.7 Å². The van der Waals surface area contributed by atoms with Gasteiger partial charge in [-0.3, -0.25) is 4.79 Å². The smallest absolute Gasteiger partial charge is 0.404 e. The average molecular weight is 585 g/mol. The van der Waals surface area contributed by atoms with E-state index in [1.165, 1.54) is 0 Å². The minimum absolute atomic E-state index is 0.0393. The summed E-state index contributed by atoms with van der Waals surface area (Å²) >= 11 is 6.74. The van der Waals surface area contributed by atoms with Crippen LogP contribution in [0.25, 0.3) is 11.1 Å². The minimum Gasteiger partial charge on any atom is -0.465 e. The number of nitrogens with zero attached hydrogens (tertiary/aromatic N) is 2. The van der Waals surface area contributed by atoms with Crippen LogP contribution in [-0.2, 0) is 16.8 Å². The number of carbonyl (C=O) groups is 2. The van der Waals surface area contributed by atoms with Gasteiger partial charge in [0.25, 0.3) is 0 Å². The molecule has 2 unspecified atom stereocenters. The largest absolute Gasteiger partial charge is 0.465 e. The van der Waals surface area contributed by atoms with Crippen molar-refractivity contribution in [3.05, 3.63) is 52.8 Å². The summed E-state index contributed by atoms with van der Waals surface area (Å²) in [4.78, 5) is 31.2. The second-order valence-corrected chi connectivity index (χ2v) is 12.1. The maximum absolute atomic E-state index is 13.7. The predicted molar refractivity (Wildman–Crippen MR) is 162 cm³/mol. The second-order valence-electron chi connectivity index (χ2n) is 11.7. The Labute approximate surface area is 248 Å². The number of amides is 2. The number of pyridine rings is 1. The van der Waals surface area contributed by atoms with Crippen LogP contribution in [0.2, 0.25) is 5.15 Å². The highest BCUT2D eigenvalue weighted by Crippen LogP contribution is 2.45. The lowest BCUT2D eigenvalue weighted by atomic mass is 9.72. The molecule has 1 saturated carbocycles. The number of hydrogen-bond acceptors (Lipinski definition) is 5. The van der Waals surface area contributed by atoms with Gasteiger partial charge < -0.3 is 25.7 Å². The van der Waals surface area contributed by atoms with Crippen LogP contribution in [0.15, 0.2) is 36.5 Å². The number of aryl methyl sites for hydroxylation is 1. The van der Waals surface area contributed by atoms with Gasteiger partial charge in [0.15, 0.2) is 0 Å². The normalized spacial score (nSPS) is 22.6. The van der Waals surface area contributed by atoms with E-state index < -0.39 is 11.7 Å². The lowest BCUT2D eigenvalue weighted by molar-refractivity contribution is -0.142. The van der Waals surface area contributed by atoms with Crippen molar-refractivity contribution in [3.63, 3.8) is 0 Å². The maximum Gasteiger partial charge on any atom is 0.404 e. The Morgan fingerprint density at radius 3 is 2.66 bits per heavy atom. The molecule has 0 radical (unpaired) electrons. The molecule has 0 spiro atoms. The Bertz CT molecular complexity index is 1190. The summed E-state index contributed by atoms with van der Waals surface area (Å²) < 4.78 is 0. The zero-order chi connectivity index (χ0) is 29.4. The Kier molecular flexibility index (Phi) is 11.0. The lowest BCUT2D eigenvalue weighted by Gasteiger charge is -2.44. The predicted octanol–water partition coefficient (Wildman–Crippen LogP) is 5.46. The van der Waals surface area contributed by atoms with Crippen LogP contribution in [0.3, 0.4) is 0 Å². The van der Waals surface area contributed by atoms with Gasteiger partial charge in [0.05, 0.1) is 5.60 Å². The van der Waals surface area contributed by atoms with Crippen molar-refractivity contribution >= 4 is 23.6 Å². The number of aliphatic hydroxyl groups is 1. The van der Waals surface area contributed by atoms with Crippen molar-refractivity contribution in [2.75, 3.05) is 33.2 Å². The third-order valence-corrected chi connectivity index (χ3v) is 9.39. The molecule has 2 amide bonds. The molecule has 1 aliphatic carbocycles. The number of halogens is 1. The van der Waals surface area contributed by atoms with E-state index in [1.54, 1.807) is 6.20 Å². The molecular weight excluding hydrogens is 540 g/mol.